The number of ketones is 1. The molecule has 0 fully saturated rings. The molecule has 0 unspecified atom stereocenters. The summed E-state index contributed by atoms with van der Waals surface area (Å²) in [7, 11) is 1.75. The van der Waals surface area contributed by atoms with Gasteiger partial charge in [0.1, 0.15) is 11.5 Å². The molecule has 4 heteroatoms. The lowest BCUT2D eigenvalue weighted by Gasteiger charge is -2.16. The fourth-order valence-corrected chi connectivity index (χ4v) is 3.21. The van der Waals surface area contributed by atoms with Gasteiger partial charge in [-0.3, -0.25) is 14.6 Å². The Balaban J connectivity index is 2.00. The van der Waals surface area contributed by atoms with E-state index >= 15 is 0 Å². The van der Waals surface area contributed by atoms with Gasteiger partial charge in [0, 0.05) is 32.6 Å². The number of pyridine rings is 1. The second kappa shape index (κ2) is 20.6. The van der Waals surface area contributed by atoms with Crippen LogP contribution in [0.2, 0.25) is 0 Å². The lowest BCUT2D eigenvalue weighted by molar-refractivity contribution is -0.119. The zero-order valence-electron chi connectivity index (χ0n) is 21.1. The summed E-state index contributed by atoms with van der Waals surface area (Å²) in [5.41, 5.74) is 0.438. The van der Waals surface area contributed by atoms with Crippen molar-refractivity contribution in [2.75, 3.05) is 13.6 Å². The lowest BCUT2D eigenvalue weighted by Crippen LogP contribution is -2.28. The fraction of sp³-hybridized carbons (Fsp3) is 0.433. The van der Waals surface area contributed by atoms with Crippen LogP contribution < -0.4 is 0 Å². The van der Waals surface area contributed by atoms with E-state index < -0.39 is 0 Å². The molecule has 1 heterocycles. The predicted octanol–water partition coefficient (Wildman–Crippen LogP) is 7.42. The third-order valence-corrected chi connectivity index (χ3v) is 5.16. The number of amides is 1. The Hall–Kier alpha value is -3.01. The molecule has 0 saturated heterocycles. The zero-order chi connectivity index (χ0) is 24.7. The molecule has 4 nitrogen and oxygen atoms in total. The van der Waals surface area contributed by atoms with Crippen LogP contribution in [0.1, 0.15) is 81.6 Å². The van der Waals surface area contributed by atoms with E-state index in [2.05, 4.69) is 72.7 Å². The molecule has 0 aliphatic carbocycles. The molecular weight excluding hydrogens is 420 g/mol. The molecule has 0 radical (unpaired) electrons. The molecule has 1 amide bonds. The third kappa shape index (κ3) is 15.7. The van der Waals surface area contributed by atoms with E-state index in [0.29, 0.717) is 31.5 Å². The average Bonchev–Trinajstić information content (AvgIpc) is 2.86. The minimum absolute atomic E-state index is 0.105. The second-order valence-corrected chi connectivity index (χ2v) is 8.18. The Labute approximate surface area is 206 Å². The van der Waals surface area contributed by atoms with E-state index in [1.807, 2.05) is 0 Å². The van der Waals surface area contributed by atoms with Crippen LogP contribution in [0.15, 0.2) is 85.2 Å². The third-order valence-electron chi connectivity index (χ3n) is 5.16. The second-order valence-electron chi connectivity index (χ2n) is 8.18. The molecule has 184 valence electrons. The van der Waals surface area contributed by atoms with Gasteiger partial charge in [0.25, 0.3) is 5.91 Å². The average molecular weight is 463 g/mol. The van der Waals surface area contributed by atoms with Crippen LogP contribution in [0.4, 0.5) is 0 Å². The Morgan fingerprint density at radius 1 is 0.794 bits per heavy atom. The molecular formula is C30H42N2O2. The summed E-state index contributed by atoms with van der Waals surface area (Å²) in [6.45, 7) is 2.71. The number of hydrogen-bond donors (Lipinski definition) is 0. The number of Topliss-reactive ketones (excluding diaryl/α,β-unsaturated/α-hetero) is 1. The monoisotopic (exact) mass is 462 g/mol. The molecule has 0 N–H and O–H groups in total. The molecule has 0 spiro atoms. The van der Waals surface area contributed by atoms with Crippen molar-refractivity contribution in [3.8, 4) is 0 Å². The number of allylic oxidation sites excluding steroid dienone is 10. The summed E-state index contributed by atoms with van der Waals surface area (Å²) in [5.74, 6) is 0.164. The standard InChI is InChI=1S/C30H42N2O2/c1-3-4-5-6-7-8-9-10-11-12-13-14-15-16-17-18-19-23-28(33)24-22-27-32(2)30(34)29-25-20-21-26-31-29/h4-5,7-8,10-11,13-14,16-17,20-21,25-26H,3,6,9,12,15,18-19,22-24,27H2,1-2H3/b5-4-,8-7-,11-10-,14-13-,17-16-. The first kappa shape index (κ1) is 29.0. The molecule has 0 aromatic carbocycles. The van der Waals surface area contributed by atoms with E-state index in [4.69, 9.17) is 0 Å². The van der Waals surface area contributed by atoms with Crippen LogP contribution in [-0.2, 0) is 4.79 Å². The maximum atomic E-state index is 12.2. The molecule has 0 bridgehead atoms. The summed E-state index contributed by atoms with van der Waals surface area (Å²) in [6.07, 6.45) is 32.1. The van der Waals surface area contributed by atoms with Gasteiger partial charge >= 0.3 is 0 Å². The van der Waals surface area contributed by atoms with E-state index in [1.165, 1.54) is 0 Å². The van der Waals surface area contributed by atoms with Crippen LogP contribution >= 0.6 is 0 Å². The van der Waals surface area contributed by atoms with Crippen LogP contribution in [0.5, 0.6) is 0 Å². The number of carbonyl (C=O) groups excluding carboxylic acids is 2. The van der Waals surface area contributed by atoms with Crippen LogP contribution in [0.25, 0.3) is 0 Å². The molecule has 34 heavy (non-hydrogen) atoms. The molecule has 1 aromatic rings. The van der Waals surface area contributed by atoms with Gasteiger partial charge in [-0.25, -0.2) is 0 Å². The molecule has 0 aliphatic rings. The maximum absolute atomic E-state index is 12.2. The first-order valence-corrected chi connectivity index (χ1v) is 12.6. The van der Waals surface area contributed by atoms with Gasteiger partial charge in [-0.2, -0.15) is 0 Å². The maximum Gasteiger partial charge on any atom is 0.272 e. The highest BCUT2D eigenvalue weighted by Gasteiger charge is 2.12. The van der Waals surface area contributed by atoms with Gasteiger partial charge in [-0.1, -0.05) is 73.8 Å². The lowest BCUT2D eigenvalue weighted by atomic mass is 10.1. The number of unbranched alkanes of at least 4 members (excludes halogenated alkanes) is 1. The van der Waals surface area contributed by atoms with Crippen molar-refractivity contribution in [3.05, 3.63) is 90.9 Å². The number of hydrogen-bond acceptors (Lipinski definition) is 3. The molecule has 0 saturated carbocycles. The van der Waals surface area contributed by atoms with Crippen LogP contribution in [0, 0.1) is 0 Å². The largest absolute Gasteiger partial charge is 0.340 e. The fourth-order valence-electron chi connectivity index (χ4n) is 3.21. The van der Waals surface area contributed by atoms with Crippen molar-refractivity contribution in [2.45, 2.75) is 71.1 Å². The van der Waals surface area contributed by atoms with Crippen LogP contribution in [0.3, 0.4) is 0 Å². The van der Waals surface area contributed by atoms with Gasteiger partial charge in [-0.15, -0.1) is 0 Å². The van der Waals surface area contributed by atoms with Gasteiger partial charge in [-0.05, 0) is 63.5 Å². The topological polar surface area (TPSA) is 50.3 Å². The van der Waals surface area contributed by atoms with Crippen LogP contribution in [-0.4, -0.2) is 35.2 Å². The number of carbonyl (C=O) groups is 2. The van der Waals surface area contributed by atoms with Crippen molar-refractivity contribution < 1.29 is 9.59 Å². The smallest absolute Gasteiger partial charge is 0.272 e. The highest BCUT2D eigenvalue weighted by atomic mass is 16.2. The normalized spacial score (nSPS) is 12.2. The molecule has 1 rings (SSSR count). The number of aromatic nitrogens is 1. The highest BCUT2D eigenvalue weighted by Crippen LogP contribution is 2.06. The van der Waals surface area contributed by atoms with Gasteiger partial charge in [0.05, 0.1) is 0 Å². The number of rotatable bonds is 18. The summed E-state index contributed by atoms with van der Waals surface area (Å²) in [5, 5.41) is 0. The van der Waals surface area contributed by atoms with Crippen molar-refractivity contribution >= 4 is 11.7 Å². The Morgan fingerprint density at radius 2 is 1.35 bits per heavy atom. The van der Waals surface area contributed by atoms with E-state index in [9.17, 15) is 9.59 Å². The van der Waals surface area contributed by atoms with Crippen molar-refractivity contribution in [1.82, 2.24) is 9.88 Å². The minimum atomic E-state index is -0.105. The van der Waals surface area contributed by atoms with Crippen molar-refractivity contribution in [3.63, 3.8) is 0 Å². The Bertz CT molecular complexity index is 819. The first-order chi connectivity index (χ1) is 16.6. The summed E-state index contributed by atoms with van der Waals surface area (Å²) >= 11 is 0. The Kier molecular flexibility index (Phi) is 17.6. The Morgan fingerprint density at radius 3 is 1.91 bits per heavy atom. The summed E-state index contributed by atoms with van der Waals surface area (Å²) in [4.78, 5) is 30.0. The van der Waals surface area contributed by atoms with Gasteiger partial charge in [0.15, 0.2) is 0 Å². The predicted molar refractivity (Wildman–Crippen MR) is 144 cm³/mol. The van der Waals surface area contributed by atoms with Gasteiger partial charge in [0.2, 0.25) is 0 Å². The van der Waals surface area contributed by atoms with Gasteiger partial charge < -0.3 is 4.90 Å². The summed E-state index contributed by atoms with van der Waals surface area (Å²) < 4.78 is 0. The SMILES string of the molecule is CC/C=C\C/C=C\C/C=C\C/C=C\C/C=C\CCCC(=O)CCCN(C)C(=O)c1ccccn1. The highest BCUT2D eigenvalue weighted by molar-refractivity contribution is 5.92. The van der Waals surface area contributed by atoms with E-state index in [1.54, 1.807) is 36.3 Å². The first-order valence-electron chi connectivity index (χ1n) is 12.6. The van der Waals surface area contributed by atoms with Crippen molar-refractivity contribution in [2.24, 2.45) is 0 Å². The number of nitrogens with zero attached hydrogens (tertiary/aromatic N) is 2. The molecule has 1 aromatic heterocycles. The quantitative estimate of drug-likeness (QED) is 0.168. The van der Waals surface area contributed by atoms with Crippen molar-refractivity contribution in [1.29, 1.82) is 0 Å². The zero-order valence-corrected chi connectivity index (χ0v) is 21.1. The molecule has 0 atom stereocenters. The minimum Gasteiger partial charge on any atom is -0.340 e. The molecule has 0 aliphatic heterocycles. The summed E-state index contributed by atoms with van der Waals surface area (Å²) in [6, 6.07) is 5.29. The van der Waals surface area contributed by atoms with E-state index in [-0.39, 0.29) is 11.7 Å². The van der Waals surface area contributed by atoms with E-state index in [0.717, 1.165) is 44.9 Å².